The Hall–Kier alpha value is -1.10. The molecular formula is C11H17NO4. The van der Waals surface area contributed by atoms with E-state index in [9.17, 15) is 9.59 Å². The minimum absolute atomic E-state index is 0.0101. The molecule has 2 rings (SSSR count). The Bertz CT molecular complexity index is 307. The Kier molecular flexibility index (Phi) is 2.88. The first kappa shape index (κ1) is 11.4. The van der Waals surface area contributed by atoms with E-state index in [0.717, 1.165) is 12.8 Å². The van der Waals surface area contributed by atoms with Gasteiger partial charge >= 0.3 is 5.97 Å². The van der Waals surface area contributed by atoms with Gasteiger partial charge in [0.25, 0.3) is 0 Å². The summed E-state index contributed by atoms with van der Waals surface area (Å²) in [6.45, 7) is 0.695. The number of carbonyl (C=O) groups excluding carboxylic acids is 1. The number of aliphatic carboxylic acids is 1. The highest BCUT2D eigenvalue weighted by Crippen LogP contribution is 2.32. The van der Waals surface area contributed by atoms with Gasteiger partial charge in [0.2, 0.25) is 5.91 Å². The molecule has 5 heteroatoms. The van der Waals surface area contributed by atoms with Crippen molar-refractivity contribution in [2.24, 2.45) is 11.3 Å². The number of carbonyl (C=O) groups is 2. The predicted molar refractivity (Wildman–Crippen MR) is 55.9 cm³/mol. The number of hydrogen-bond donors (Lipinski definition) is 1. The van der Waals surface area contributed by atoms with Crippen molar-refractivity contribution in [1.82, 2.24) is 4.90 Å². The predicted octanol–water partition coefficient (Wildman–Crippen LogP) is 0.346. The van der Waals surface area contributed by atoms with Crippen LogP contribution in [0, 0.1) is 11.3 Å². The molecule has 1 aliphatic carbocycles. The van der Waals surface area contributed by atoms with Crippen LogP contribution in [0.5, 0.6) is 0 Å². The van der Waals surface area contributed by atoms with Crippen LogP contribution in [0.3, 0.4) is 0 Å². The Morgan fingerprint density at radius 1 is 1.44 bits per heavy atom. The lowest BCUT2D eigenvalue weighted by molar-refractivity contribution is -0.191. The average molecular weight is 227 g/mol. The van der Waals surface area contributed by atoms with Crippen LogP contribution in [0.2, 0.25) is 0 Å². The van der Waals surface area contributed by atoms with Gasteiger partial charge < -0.3 is 14.7 Å². The van der Waals surface area contributed by atoms with E-state index in [4.69, 9.17) is 9.84 Å². The standard InChI is InChI=1S/C11H17NO4/c1-12(5-8-3-2-4-8)9(13)11(10(14)15)6-16-7-11/h8H,2-7H2,1H3,(H,14,15). The van der Waals surface area contributed by atoms with E-state index in [1.165, 1.54) is 6.42 Å². The van der Waals surface area contributed by atoms with E-state index in [0.29, 0.717) is 12.5 Å². The highest BCUT2D eigenvalue weighted by molar-refractivity contribution is 6.03. The third kappa shape index (κ3) is 1.69. The molecule has 1 saturated carbocycles. The van der Waals surface area contributed by atoms with E-state index in [2.05, 4.69) is 0 Å². The van der Waals surface area contributed by atoms with Crippen LogP contribution in [0.1, 0.15) is 19.3 Å². The van der Waals surface area contributed by atoms with Crippen LogP contribution in [0.25, 0.3) is 0 Å². The summed E-state index contributed by atoms with van der Waals surface area (Å²) in [4.78, 5) is 24.7. The third-order valence-electron chi connectivity index (χ3n) is 3.62. The summed E-state index contributed by atoms with van der Waals surface area (Å²) in [7, 11) is 1.68. The SMILES string of the molecule is CN(CC1CCC1)C(=O)C1(C(=O)O)COC1. The number of rotatable bonds is 4. The van der Waals surface area contributed by atoms with E-state index in [-0.39, 0.29) is 19.1 Å². The van der Waals surface area contributed by atoms with Crippen molar-refractivity contribution in [2.75, 3.05) is 26.8 Å². The van der Waals surface area contributed by atoms with Gasteiger partial charge in [0, 0.05) is 13.6 Å². The lowest BCUT2D eigenvalue weighted by atomic mass is 9.82. The molecule has 2 aliphatic rings. The zero-order valence-electron chi connectivity index (χ0n) is 9.44. The highest BCUT2D eigenvalue weighted by atomic mass is 16.5. The second-order valence-electron chi connectivity index (χ2n) is 4.86. The molecule has 0 radical (unpaired) electrons. The zero-order chi connectivity index (χ0) is 11.8. The molecule has 1 heterocycles. The highest BCUT2D eigenvalue weighted by Gasteiger charge is 2.54. The first-order valence-electron chi connectivity index (χ1n) is 5.63. The van der Waals surface area contributed by atoms with Crippen LogP contribution < -0.4 is 0 Å². The lowest BCUT2D eigenvalue weighted by Gasteiger charge is -2.40. The fourth-order valence-corrected chi connectivity index (χ4v) is 2.16. The van der Waals surface area contributed by atoms with E-state index in [1.54, 1.807) is 11.9 Å². The number of ether oxygens (including phenoxy) is 1. The molecule has 1 saturated heterocycles. The maximum atomic E-state index is 12.0. The number of amides is 1. The van der Waals surface area contributed by atoms with E-state index in [1.807, 2.05) is 0 Å². The van der Waals surface area contributed by atoms with Crippen molar-refractivity contribution >= 4 is 11.9 Å². The monoisotopic (exact) mass is 227 g/mol. The van der Waals surface area contributed by atoms with Crippen molar-refractivity contribution in [1.29, 1.82) is 0 Å². The zero-order valence-corrected chi connectivity index (χ0v) is 9.44. The van der Waals surface area contributed by atoms with Crippen molar-refractivity contribution in [3.63, 3.8) is 0 Å². The summed E-state index contributed by atoms with van der Waals surface area (Å²) in [6.07, 6.45) is 3.52. The minimum atomic E-state index is -1.31. The maximum Gasteiger partial charge on any atom is 0.324 e. The first-order valence-corrected chi connectivity index (χ1v) is 5.63. The molecule has 0 aromatic heterocycles. The van der Waals surface area contributed by atoms with E-state index >= 15 is 0 Å². The van der Waals surface area contributed by atoms with Gasteiger partial charge in [0.05, 0.1) is 13.2 Å². The Morgan fingerprint density at radius 3 is 2.38 bits per heavy atom. The number of hydrogen-bond acceptors (Lipinski definition) is 3. The molecule has 0 aromatic rings. The second kappa shape index (κ2) is 4.05. The molecule has 1 aliphatic heterocycles. The quantitative estimate of drug-likeness (QED) is 0.703. The Morgan fingerprint density at radius 2 is 2.06 bits per heavy atom. The molecule has 90 valence electrons. The Labute approximate surface area is 94.4 Å². The number of carboxylic acid groups (broad SMARTS) is 1. The molecule has 0 spiro atoms. The number of nitrogens with zero attached hydrogens (tertiary/aromatic N) is 1. The van der Waals surface area contributed by atoms with E-state index < -0.39 is 11.4 Å². The van der Waals surface area contributed by atoms with Gasteiger partial charge in [-0.2, -0.15) is 0 Å². The van der Waals surface area contributed by atoms with Gasteiger partial charge in [-0.1, -0.05) is 6.42 Å². The van der Waals surface area contributed by atoms with Crippen LogP contribution in [0.15, 0.2) is 0 Å². The third-order valence-corrected chi connectivity index (χ3v) is 3.62. The smallest absolute Gasteiger partial charge is 0.324 e. The molecular weight excluding hydrogens is 210 g/mol. The molecule has 0 atom stereocenters. The van der Waals surface area contributed by atoms with Crippen molar-refractivity contribution in [2.45, 2.75) is 19.3 Å². The maximum absolute atomic E-state index is 12.0. The fourth-order valence-electron chi connectivity index (χ4n) is 2.16. The second-order valence-corrected chi connectivity index (χ2v) is 4.86. The van der Waals surface area contributed by atoms with Gasteiger partial charge in [0.15, 0.2) is 5.41 Å². The first-order chi connectivity index (χ1) is 7.56. The summed E-state index contributed by atoms with van der Waals surface area (Å²) in [5.41, 5.74) is -1.31. The van der Waals surface area contributed by atoms with Crippen molar-refractivity contribution in [3.8, 4) is 0 Å². The van der Waals surface area contributed by atoms with Crippen LogP contribution in [-0.4, -0.2) is 48.7 Å². The van der Waals surface area contributed by atoms with Gasteiger partial charge in [-0.25, -0.2) is 0 Å². The summed E-state index contributed by atoms with van der Waals surface area (Å²) in [5, 5.41) is 9.08. The lowest BCUT2D eigenvalue weighted by Crippen LogP contribution is -2.59. The topological polar surface area (TPSA) is 66.8 Å². The molecule has 0 bridgehead atoms. The Balaban J connectivity index is 1.96. The molecule has 16 heavy (non-hydrogen) atoms. The van der Waals surface area contributed by atoms with Crippen molar-refractivity contribution < 1.29 is 19.4 Å². The summed E-state index contributed by atoms with van der Waals surface area (Å²) >= 11 is 0. The molecule has 0 unspecified atom stereocenters. The summed E-state index contributed by atoms with van der Waals surface area (Å²) < 4.78 is 4.89. The minimum Gasteiger partial charge on any atom is -0.480 e. The molecule has 2 fully saturated rings. The van der Waals surface area contributed by atoms with Gasteiger partial charge in [-0.15, -0.1) is 0 Å². The fraction of sp³-hybridized carbons (Fsp3) is 0.818. The largest absolute Gasteiger partial charge is 0.480 e. The van der Waals surface area contributed by atoms with Crippen LogP contribution >= 0.6 is 0 Å². The average Bonchev–Trinajstić information content (AvgIpc) is 2.08. The van der Waals surface area contributed by atoms with Crippen molar-refractivity contribution in [3.05, 3.63) is 0 Å². The summed E-state index contributed by atoms with van der Waals surface area (Å²) in [6, 6.07) is 0. The molecule has 0 aromatic carbocycles. The van der Waals surface area contributed by atoms with Crippen LogP contribution in [-0.2, 0) is 14.3 Å². The van der Waals surface area contributed by atoms with Gasteiger partial charge in [-0.05, 0) is 18.8 Å². The number of carboxylic acids is 1. The van der Waals surface area contributed by atoms with Gasteiger partial charge in [-0.3, -0.25) is 9.59 Å². The molecule has 1 N–H and O–H groups in total. The van der Waals surface area contributed by atoms with Crippen LogP contribution in [0.4, 0.5) is 0 Å². The molecule has 5 nitrogen and oxygen atoms in total. The summed E-state index contributed by atoms with van der Waals surface area (Å²) in [5.74, 6) is -0.817. The normalized spacial score (nSPS) is 23.1. The van der Waals surface area contributed by atoms with Gasteiger partial charge in [0.1, 0.15) is 0 Å². The molecule has 1 amide bonds.